The molecule has 2 heterocycles. The Labute approximate surface area is 162 Å². The molecule has 2 aromatic carbocycles. The molecule has 0 bridgehead atoms. The largest absolute Gasteiger partial charge is 0.371 e. The van der Waals surface area contributed by atoms with Crippen LogP contribution >= 0.6 is 0 Å². The molecule has 1 aliphatic heterocycles. The van der Waals surface area contributed by atoms with Gasteiger partial charge >= 0.3 is 0 Å². The number of aromatic nitrogens is 1. The number of anilines is 1. The normalized spacial score (nSPS) is 14.3. The number of hydrogen-bond donors (Lipinski definition) is 0. The quantitative estimate of drug-likeness (QED) is 0.571. The Bertz CT molecular complexity index is 863. The van der Waals surface area contributed by atoms with Gasteiger partial charge in [-0.1, -0.05) is 54.6 Å². The molecule has 4 rings (SSSR count). The predicted molar refractivity (Wildman–Crippen MR) is 114 cm³/mol. The number of pyridine rings is 1. The molecule has 0 unspecified atom stereocenters. The van der Waals surface area contributed by atoms with Crippen LogP contribution in [0.25, 0.3) is 11.1 Å². The third-order valence-electron chi connectivity index (χ3n) is 5.56. The summed E-state index contributed by atoms with van der Waals surface area (Å²) in [4.78, 5) is 7.23. The van der Waals surface area contributed by atoms with Gasteiger partial charge in [-0.15, -0.1) is 0 Å². The summed E-state index contributed by atoms with van der Waals surface area (Å²) in [7, 11) is 0. The fourth-order valence-electron chi connectivity index (χ4n) is 3.93. The Morgan fingerprint density at radius 2 is 1.52 bits per heavy atom. The number of hydrogen-bond acceptors (Lipinski definition) is 2. The Balaban J connectivity index is 1.42. The van der Waals surface area contributed by atoms with E-state index in [2.05, 4.69) is 83.7 Å². The van der Waals surface area contributed by atoms with Crippen molar-refractivity contribution in [1.29, 1.82) is 0 Å². The van der Waals surface area contributed by atoms with Gasteiger partial charge in [-0.25, -0.2) is 0 Å². The lowest BCUT2D eigenvalue weighted by molar-refractivity contribution is 0.576. The standard InChI is InChI=1S/C25H28N2/c1-20-19-26-24(18-25(20)27-16-6-3-7-17-27)15-12-21-10-13-23(14-11-21)22-8-4-2-5-9-22/h2,4-5,8-11,13-14,18-19H,3,6-7,12,15-17H2,1H3. The highest BCUT2D eigenvalue weighted by atomic mass is 15.1. The maximum atomic E-state index is 4.69. The van der Waals surface area contributed by atoms with Gasteiger partial charge in [0.05, 0.1) is 0 Å². The van der Waals surface area contributed by atoms with Gasteiger partial charge in [0, 0.05) is 30.7 Å². The van der Waals surface area contributed by atoms with E-state index in [1.807, 2.05) is 0 Å². The van der Waals surface area contributed by atoms with Crippen molar-refractivity contribution in [1.82, 2.24) is 4.98 Å². The summed E-state index contributed by atoms with van der Waals surface area (Å²) in [5, 5.41) is 0. The SMILES string of the molecule is Cc1cnc(CCc2ccc(-c3ccccc3)cc2)cc1N1CCCCC1. The lowest BCUT2D eigenvalue weighted by Gasteiger charge is -2.30. The van der Waals surface area contributed by atoms with Crippen LogP contribution in [0, 0.1) is 6.92 Å². The summed E-state index contributed by atoms with van der Waals surface area (Å²) >= 11 is 0. The average molecular weight is 357 g/mol. The smallest absolute Gasteiger partial charge is 0.0429 e. The molecular formula is C25H28N2. The van der Waals surface area contributed by atoms with E-state index in [0.29, 0.717) is 0 Å². The Morgan fingerprint density at radius 3 is 2.26 bits per heavy atom. The van der Waals surface area contributed by atoms with Crippen LogP contribution in [0.1, 0.15) is 36.1 Å². The van der Waals surface area contributed by atoms with Gasteiger partial charge in [-0.2, -0.15) is 0 Å². The molecule has 0 aliphatic carbocycles. The number of nitrogens with zero attached hydrogens (tertiary/aromatic N) is 2. The van der Waals surface area contributed by atoms with Gasteiger partial charge < -0.3 is 4.90 Å². The Hall–Kier alpha value is -2.61. The first-order chi connectivity index (χ1) is 13.3. The van der Waals surface area contributed by atoms with Gasteiger partial charge in [-0.3, -0.25) is 4.98 Å². The molecule has 1 fully saturated rings. The van der Waals surface area contributed by atoms with E-state index >= 15 is 0 Å². The molecule has 0 amide bonds. The molecule has 138 valence electrons. The van der Waals surface area contributed by atoms with Gasteiger partial charge in [0.1, 0.15) is 0 Å². The second-order valence-corrected chi connectivity index (χ2v) is 7.57. The highest BCUT2D eigenvalue weighted by Crippen LogP contribution is 2.25. The number of rotatable bonds is 5. The fourth-order valence-corrected chi connectivity index (χ4v) is 3.93. The minimum absolute atomic E-state index is 0.992. The third kappa shape index (κ3) is 4.39. The highest BCUT2D eigenvalue weighted by molar-refractivity contribution is 5.63. The van der Waals surface area contributed by atoms with Crippen molar-refractivity contribution in [3.8, 4) is 11.1 Å². The fraction of sp³-hybridized carbons (Fsp3) is 0.320. The zero-order valence-corrected chi connectivity index (χ0v) is 16.2. The molecule has 0 N–H and O–H groups in total. The van der Waals surface area contributed by atoms with E-state index in [4.69, 9.17) is 0 Å². The molecule has 0 atom stereocenters. The first-order valence-electron chi connectivity index (χ1n) is 10.1. The second kappa shape index (κ2) is 8.39. The summed E-state index contributed by atoms with van der Waals surface area (Å²) in [6.45, 7) is 4.56. The molecule has 0 saturated carbocycles. The molecule has 3 aromatic rings. The van der Waals surface area contributed by atoms with E-state index in [0.717, 1.165) is 12.8 Å². The van der Waals surface area contributed by atoms with Crippen molar-refractivity contribution in [2.75, 3.05) is 18.0 Å². The van der Waals surface area contributed by atoms with Crippen LogP contribution in [0.2, 0.25) is 0 Å². The van der Waals surface area contributed by atoms with Gasteiger partial charge in [0.15, 0.2) is 0 Å². The van der Waals surface area contributed by atoms with Crippen LogP contribution in [-0.2, 0) is 12.8 Å². The number of benzene rings is 2. The number of aryl methyl sites for hydroxylation is 3. The maximum Gasteiger partial charge on any atom is 0.0429 e. The van der Waals surface area contributed by atoms with Crippen molar-refractivity contribution in [2.24, 2.45) is 0 Å². The molecular weight excluding hydrogens is 328 g/mol. The van der Waals surface area contributed by atoms with Crippen molar-refractivity contribution in [3.05, 3.63) is 83.7 Å². The van der Waals surface area contributed by atoms with Crippen LogP contribution in [0.15, 0.2) is 66.9 Å². The van der Waals surface area contributed by atoms with Crippen molar-refractivity contribution >= 4 is 5.69 Å². The third-order valence-corrected chi connectivity index (χ3v) is 5.56. The Kier molecular flexibility index (Phi) is 5.53. The van der Waals surface area contributed by atoms with Crippen LogP contribution in [-0.4, -0.2) is 18.1 Å². The van der Waals surface area contributed by atoms with E-state index < -0.39 is 0 Å². The molecule has 0 radical (unpaired) electrons. The molecule has 0 spiro atoms. The summed E-state index contributed by atoms with van der Waals surface area (Å²) < 4.78 is 0. The van der Waals surface area contributed by atoms with Crippen molar-refractivity contribution < 1.29 is 0 Å². The summed E-state index contributed by atoms with van der Waals surface area (Å²) in [6.07, 6.45) is 8.07. The highest BCUT2D eigenvalue weighted by Gasteiger charge is 2.14. The molecule has 2 nitrogen and oxygen atoms in total. The molecule has 27 heavy (non-hydrogen) atoms. The predicted octanol–water partition coefficient (Wildman–Crippen LogP) is 5.83. The lowest BCUT2D eigenvalue weighted by atomic mass is 10.0. The maximum absolute atomic E-state index is 4.69. The molecule has 1 aromatic heterocycles. The Morgan fingerprint density at radius 1 is 0.815 bits per heavy atom. The summed E-state index contributed by atoms with van der Waals surface area (Å²) in [5.74, 6) is 0. The van der Waals surface area contributed by atoms with Crippen LogP contribution in [0.4, 0.5) is 5.69 Å². The lowest BCUT2D eigenvalue weighted by Crippen LogP contribution is -2.30. The molecule has 1 aliphatic rings. The molecule has 1 saturated heterocycles. The first-order valence-corrected chi connectivity index (χ1v) is 10.1. The monoisotopic (exact) mass is 356 g/mol. The zero-order chi connectivity index (χ0) is 18.5. The van der Waals surface area contributed by atoms with Gasteiger partial charge in [-0.05, 0) is 67.3 Å². The summed E-state index contributed by atoms with van der Waals surface area (Å²) in [5.41, 5.74) is 7.81. The average Bonchev–Trinajstić information content (AvgIpc) is 2.75. The number of piperidine rings is 1. The van der Waals surface area contributed by atoms with Crippen LogP contribution in [0.3, 0.4) is 0 Å². The molecule has 2 heteroatoms. The minimum Gasteiger partial charge on any atom is -0.371 e. The zero-order valence-electron chi connectivity index (χ0n) is 16.2. The van der Waals surface area contributed by atoms with E-state index in [1.165, 1.54) is 66.0 Å². The van der Waals surface area contributed by atoms with E-state index in [1.54, 1.807) is 0 Å². The van der Waals surface area contributed by atoms with Crippen LogP contribution in [0.5, 0.6) is 0 Å². The first kappa shape index (κ1) is 17.8. The second-order valence-electron chi connectivity index (χ2n) is 7.57. The van der Waals surface area contributed by atoms with Gasteiger partial charge in [0.2, 0.25) is 0 Å². The van der Waals surface area contributed by atoms with Gasteiger partial charge in [0.25, 0.3) is 0 Å². The topological polar surface area (TPSA) is 16.1 Å². The van der Waals surface area contributed by atoms with Crippen molar-refractivity contribution in [2.45, 2.75) is 39.0 Å². The van der Waals surface area contributed by atoms with E-state index in [9.17, 15) is 0 Å². The van der Waals surface area contributed by atoms with Crippen LogP contribution < -0.4 is 4.90 Å². The van der Waals surface area contributed by atoms with E-state index in [-0.39, 0.29) is 0 Å². The minimum atomic E-state index is 0.992. The van der Waals surface area contributed by atoms with Crippen molar-refractivity contribution in [3.63, 3.8) is 0 Å². The summed E-state index contributed by atoms with van der Waals surface area (Å²) in [6, 6.07) is 21.8.